The van der Waals surface area contributed by atoms with Crippen molar-refractivity contribution in [3.8, 4) is 0 Å². The van der Waals surface area contributed by atoms with E-state index in [0.29, 0.717) is 12.3 Å². The molecule has 0 radical (unpaired) electrons. The van der Waals surface area contributed by atoms with Crippen molar-refractivity contribution in [2.75, 3.05) is 6.26 Å². The van der Waals surface area contributed by atoms with Gasteiger partial charge in [-0.2, -0.15) is 0 Å². The topological polar surface area (TPSA) is 63.2 Å². The zero-order valence-corrected chi connectivity index (χ0v) is 11.2. The molecule has 5 heteroatoms. The van der Waals surface area contributed by atoms with E-state index in [1.165, 1.54) is 0 Å². The van der Waals surface area contributed by atoms with Gasteiger partial charge in [-0.25, -0.2) is 8.42 Å². The van der Waals surface area contributed by atoms with Gasteiger partial charge in [0, 0.05) is 24.1 Å². The average molecular weight is 247 g/mol. The molecular formula is C11H21NO3S. The maximum Gasteiger partial charge on any atom is 0.220 e. The molecule has 0 saturated carbocycles. The summed E-state index contributed by atoms with van der Waals surface area (Å²) in [6, 6.07) is -0.206. The van der Waals surface area contributed by atoms with Crippen LogP contribution in [0.25, 0.3) is 0 Å². The minimum Gasteiger partial charge on any atom is -0.350 e. The molecule has 0 heterocycles. The Bertz CT molecular complexity index is 344. The number of rotatable bonds is 6. The highest BCUT2D eigenvalue weighted by Crippen LogP contribution is 2.07. The molecule has 0 fully saturated rings. The van der Waals surface area contributed by atoms with Crippen LogP contribution in [0.4, 0.5) is 0 Å². The second-order valence-electron chi connectivity index (χ2n) is 4.32. The second-order valence-corrected chi connectivity index (χ2v) is 6.25. The first kappa shape index (κ1) is 15.2. The van der Waals surface area contributed by atoms with E-state index in [0.717, 1.165) is 18.1 Å². The van der Waals surface area contributed by atoms with Crippen LogP contribution in [0.15, 0.2) is 11.5 Å². The fourth-order valence-corrected chi connectivity index (χ4v) is 1.71. The minimum absolute atomic E-state index is 0.0659. The lowest BCUT2D eigenvalue weighted by Gasteiger charge is -2.16. The molecule has 0 bridgehead atoms. The monoisotopic (exact) mass is 247 g/mol. The first-order valence-corrected chi connectivity index (χ1v) is 7.37. The van der Waals surface area contributed by atoms with Gasteiger partial charge in [0.05, 0.1) is 0 Å². The Labute approximate surface area is 98.0 Å². The highest BCUT2D eigenvalue weighted by atomic mass is 32.2. The first-order valence-electron chi connectivity index (χ1n) is 5.42. The Morgan fingerprint density at radius 3 is 2.31 bits per heavy atom. The van der Waals surface area contributed by atoms with Gasteiger partial charge in [-0.05, 0) is 12.3 Å². The highest BCUT2D eigenvalue weighted by molar-refractivity contribution is 7.93. The smallest absolute Gasteiger partial charge is 0.220 e. The summed E-state index contributed by atoms with van der Waals surface area (Å²) in [7, 11) is -3.13. The second kappa shape index (κ2) is 6.68. The molecule has 0 aromatic carbocycles. The van der Waals surface area contributed by atoms with Crippen molar-refractivity contribution in [1.82, 2.24) is 5.32 Å². The highest BCUT2D eigenvalue weighted by Gasteiger charge is 2.10. The van der Waals surface area contributed by atoms with Crippen molar-refractivity contribution in [1.29, 1.82) is 0 Å². The maximum atomic E-state index is 11.2. The van der Waals surface area contributed by atoms with E-state index in [2.05, 4.69) is 5.32 Å². The molecule has 94 valence electrons. The van der Waals surface area contributed by atoms with E-state index in [9.17, 15) is 13.2 Å². The number of hydrogen-bond acceptors (Lipinski definition) is 3. The summed E-state index contributed by atoms with van der Waals surface area (Å²) in [4.78, 5) is 11.2. The minimum atomic E-state index is -3.13. The van der Waals surface area contributed by atoms with Crippen LogP contribution in [-0.4, -0.2) is 26.6 Å². The SMILES string of the molecule is CCC(=O)N[C@H](/C=C/S(C)(=O)=O)CC(C)C. The molecule has 0 unspecified atom stereocenters. The molecule has 0 aliphatic carbocycles. The molecule has 1 atom stereocenters. The maximum absolute atomic E-state index is 11.2. The zero-order valence-electron chi connectivity index (χ0n) is 10.4. The number of carbonyl (C=O) groups excluding carboxylic acids is 1. The van der Waals surface area contributed by atoms with E-state index < -0.39 is 9.84 Å². The number of hydrogen-bond donors (Lipinski definition) is 1. The average Bonchev–Trinajstić information content (AvgIpc) is 2.12. The Morgan fingerprint density at radius 1 is 1.38 bits per heavy atom. The Hall–Kier alpha value is -0.840. The Kier molecular flexibility index (Phi) is 6.33. The molecule has 0 aromatic rings. The van der Waals surface area contributed by atoms with Gasteiger partial charge >= 0.3 is 0 Å². The first-order chi connectivity index (χ1) is 7.24. The van der Waals surface area contributed by atoms with Crippen LogP contribution in [0.1, 0.15) is 33.6 Å². The molecule has 0 aliphatic rings. The van der Waals surface area contributed by atoms with Crippen molar-refractivity contribution in [3.05, 3.63) is 11.5 Å². The third kappa shape index (κ3) is 8.47. The lowest BCUT2D eigenvalue weighted by atomic mass is 10.0. The predicted molar refractivity (Wildman–Crippen MR) is 65.7 cm³/mol. The van der Waals surface area contributed by atoms with Gasteiger partial charge < -0.3 is 5.32 Å². The fourth-order valence-electron chi connectivity index (χ4n) is 1.24. The molecule has 0 aromatic heterocycles. The van der Waals surface area contributed by atoms with Crippen molar-refractivity contribution in [2.24, 2.45) is 5.92 Å². The number of carbonyl (C=O) groups is 1. The van der Waals surface area contributed by atoms with Gasteiger partial charge in [0.15, 0.2) is 9.84 Å². The standard InChI is InChI=1S/C11H21NO3S/c1-5-11(13)12-10(8-9(2)3)6-7-16(4,14)15/h6-7,9-10H,5,8H2,1-4H3,(H,12,13)/b7-6+/t10-/m1/s1. The van der Waals surface area contributed by atoms with Crippen molar-refractivity contribution < 1.29 is 13.2 Å². The van der Waals surface area contributed by atoms with Crippen LogP contribution in [0.2, 0.25) is 0 Å². The lowest BCUT2D eigenvalue weighted by molar-refractivity contribution is -0.121. The van der Waals surface area contributed by atoms with Crippen LogP contribution >= 0.6 is 0 Å². The molecular weight excluding hydrogens is 226 g/mol. The molecule has 16 heavy (non-hydrogen) atoms. The summed E-state index contributed by atoms with van der Waals surface area (Å²) in [6.45, 7) is 5.82. The summed E-state index contributed by atoms with van der Waals surface area (Å²) in [6.07, 6.45) is 3.82. The van der Waals surface area contributed by atoms with Crippen LogP contribution in [0.5, 0.6) is 0 Å². The lowest BCUT2D eigenvalue weighted by Crippen LogP contribution is -2.34. The Morgan fingerprint density at radius 2 is 1.94 bits per heavy atom. The number of nitrogens with one attached hydrogen (secondary N) is 1. The predicted octanol–water partition coefficient (Wildman–Crippen LogP) is 1.49. The molecule has 0 saturated heterocycles. The van der Waals surface area contributed by atoms with Crippen molar-refractivity contribution >= 4 is 15.7 Å². The summed E-state index contributed by atoms with van der Waals surface area (Å²) >= 11 is 0. The molecule has 0 rings (SSSR count). The van der Waals surface area contributed by atoms with Crippen LogP contribution < -0.4 is 5.32 Å². The molecule has 0 aliphatic heterocycles. The van der Waals surface area contributed by atoms with Gasteiger partial charge in [-0.1, -0.05) is 26.8 Å². The van der Waals surface area contributed by atoms with E-state index >= 15 is 0 Å². The summed E-state index contributed by atoms with van der Waals surface area (Å²) in [5.74, 6) is 0.329. The molecule has 0 spiro atoms. The number of amides is 1. The largest absolute Gasteiger partial charge is 0.350 e. The summed E-state index contributed by atoms with van der Waals surface area (Å²) in [5, 5.41) is 3.93. The van der Waals surface area contributed by atoms with Gasteiger partial charge in [0.2, 0.25) is 5.91 Å². The Balaban J connectivity index is 4.55. The van der Waals surface area contributed by atoms with Gasteiger partial charge in [-0.3, -0.25) is 4.79 Å². The zero-order chi connectivity index (χ0) is 12.8. The van der Waals surface area contributed by atoms with Crippen molar-refractivity contribution in [3.63, 3.8) is 0 Å². The van der Waals surface area contributed by atoms with Gasteiger partial charge in [-0.15, -0.1) is 0 Å². The van der Waals surface area contributed by atoms with E-state index in [-0.39, 0.29) is 11.9 Å². The summed E-state index contributed by atoms with van der Waals surface area (Å²) < 4.78 is 22.0. The fraction of sp³-hybridized carbons (Fsp3) is 0.727. The third-order valence-corrected chi connectivity index (χ3v) is 2.60. The van der Waals surface area contributed by atoms with Crippen LogP contribution in [-0.2, 0) is 14.6 Å². The molecule has 1 amide bonds. The number of sulfone groups is 1. The third-order valence-electron chi connectivity index (χ3n) is 1.95. The normalized spacial score (nSPS) is 14.3. The van der Waals surface area contributed by atoms with Crippen LogP contribution in [0, 0.1) is 5.92 Å². The molecule has 1 N–H and O–H groups in total. The van der Waals surface area contributed by atoms with Crippen molar-refractivity contribution in [2.45, 2.75) is 39.7 Å². The van der Waals surface area contributed by atoms with Gasteiger partial charge in [0.1, 0.15) is 0 Å². The molecule has 4 nitrogen and oxygen atoms in total. The van der Waals surface area contributed by atoms with E-state index in [4.69, 9.17) is 0 Å². The van der Waals surface area contributed by atoms with E-state index in [1.807, 2.05) is 13.8 Å². The summed E-state index contributed by atoms with van der Waals surface area (Å²) in [5.41, 5.74) is 0. The van der Waals surface area contributed by atoms with E-state index in [1.54, 1.807) is 13.0 Å². The van der Waals surface area contributed by atoms with Crippen LogP contribution in [0.3, 0.4) is 0 Å². The van der Waals surface area contributed by atoms with Gasteiger partial charge in [0.25, 0.3) is 0 Å². The quantitative estimate of drug-likeness (QED) is 0.773.